The van der Waals surface area contributed by atoms with Gasteiger partial charge in [-0.25, -0.2) is 4.98 Å². The van der Waals surface area contributed by atoms with Crippen molar-refractivity contribution in [3.63, 3.8) is 0 Å². The molecule has 2 atom stereocenters. The molecule has 5 heteroatoms. The zero-order valence-electron chi connectivity index (χ0n) is 13.0. The number of para-hydroxylation sites is 1. The van der Waals surface area contributed by atoms with Gasteiger partial charge >= 0.3 is 0 Å². The number of rotatable bonds is 5. The number of aliphatic hydroxyl groups excluding tert-OH is 1. The normalized spacial score (nSPS) is 20.2. The maximum Gasteiger partial charge on any atom is 0.129 e. The predicted molar refractivity (Wildman–Crippen MR) is 89.2 cm³/mol. The van der Waals surface area contributed by atoms with Crippen molar-refractivity contribution in [2.75, 3.05) is 20.2 Å². The third-order valence-electron chi connectivity index (χ3n) is 4.27. The molecule has 0 bridgehead atoms. The van der Waals surface area contributed by atoms with Crippen LogP contribution in [0.1, 0.15) is 19.0 Å². The number of aromatic nitrogens is 1. The van der Waals surface area contributed by atoms with Crippen LogP contribution >= 0.6 is 11.3 Å². The summed E-state index contributed by atoms with van der Waals surface area (Å²) in [5.41, 5.74) is 2.14. The average molecular weight is 318 g/mol. The quantitative estimate of drug-likeness (QED) is 0.920. The summed E-state index contributed by atoms with van der Waals surface area (Å²) in [7, 11) is 1.69. The average Bonchev–Trinajstić information content (AvgIpc) is 3.17. The van der Waals surface area contributed by atoms with Crippen LogP contribution < -0.4 is 4.74 Å². The summed E-state index contributed by atoms with van der Waals surface area (Å²) in [6.07, 6.45) is 0.853. The number of hydrogen-bond donors (Lipinski definition) is 1. The van der Waals surface area contributed by atoms with Gasteiger partial charge in [-0.2, -0.15) is 0 Å². The van der Waals surface area contributed by atoms with Gasteiger partial charge in [-0.1, -0.05) is 12.1 Å². The van der Waals surface area contributed by atoms with Crippen LogP contribution in [0.15, 0.2) is 29.6 Å². The fourth-order valence-corrected chi connectivity index (χ4v) is 3.79. The topological polar surface area (TPSA) is 45.6 Å². The zero-order valence-corrected chi connectivity index (χ0v) is 13.8. The van der Waals surface area contributed by atoms with Gasteiger partial charge in [0.2, 0.25) is 0 Å². The minimum atomic E-state index is -0.218. The number of ether oxygens (including phenoxy) is 1. The van der Waals surface area contributed by atoms with E-state index in [1.54, 1.807) is 18.4 Å². The monoisotopic (exact) mass is 318 g/mol. The smallest absolute Gasteiger partial charge is 0.129 e. The van der Waals surface area contributed by atoms with Crippen LogP contribution in [0.4, 0.5) is 0 Å². The summed E-state index contributed by atoms with van der Waals surface area (Å²) in [6, 6.07) is 7.98. The minimum Gasteiger partial charge on any atom is -0.496 e. The Labute approximate surface area is 135 Å². The fraction of sp³-hybridized carbons (Fsp3) is 0.471. The molecule has 118 valence electrons. The highest BCUT2D eigenvalue weighted by atomic mass is 32.1. The summed E-state index contributed by atoms with van der Waals surface area (Å²) in [4.78, 5) is 7.13. The first-order chi connectivity index (χ1) is 10.7. The standard InChI is InChI=1S/C17H22N2O2S/c1-12(20)13-7-8-19(9-13)10-14-11-22-17(18-14)15-5-3-4-6-16(15)21-2/h3-6,11-13,20H,7-10H2,1-2H3. The van der Waals surface area contributed by atoms with Crippen LogP contribution in [0.25, 0.3) is 10.6 Å². The van der Waals surface area contributed by atoms with E-state index < -0.39 is 0 Å². The molecule has 1 aromatic heterocycles. The first-order valence-corrected chi connectivity index (χ1v) is 8.53. The highest BCUT2D eigenvalue weighted by Gasteiger charge is 2.26. The van der Waals surface area contributed by atoms with Crippen LogP contribution in [0.5, 0.6) is 5.75 Å². The highest BCUT2D eigenvalue weighted by Crippen LogP contribution is 2.32. The molecule has 1 aliphatic heterocycles. The first kappa shape index (κ1) is 15.5. The van der Waals surface area contributed by atoms with E-state index in [1.165, 1.54) is 0 Å². The Kier molecular flexibility index (Phi) is 4.76. The van der Waals surface area contributed by atoms with Crippen LogP contribution in [-0.4, -0.2) is 41.3 Å². The lowest BCUT2D eigenvalue weighted by Crippen LogP contribution is -2.24. The largest absolute Gasteiger partial charge is 0.496 e. The van der Waals surface area contributed by atoms with E-state index in [0.717, 1.165) is 48.1 Å². The second-order valence-electron chi connectivity index (χ2n) is 5.87. The summed E-state index contributed by atoms with van der Waals surface area (Å²) in [5.74, 6) is 1.26. The van der Waals surface area contributed by atoms with E-state index in [9.17, 15) is 5.11 Å². The number of aliphatic hydroxyl groups is 1. The summed E-state index contributed by atoms with van der Waals surface area (Å²) in [6.45, 7) is 4.74. The molecule has 0 saturated carbocycles. The number of thiazole rings is 1. The molecule has 1 fully saturated rings. The molecule has 0 aliphatic carbocycles. The predicted octanol–water partition coefficient (Wildman–Crippen LogP) is 3.02. The molecule has 22 heavy (non-hydrogen) atoms. The second-order valence-corrected chi connectivity index (χ2v) is 6.73. The van der Waals surface area contributed by atoms with Crippen molar-refractivity contribution in [3.8, 4) is 16.3 Å². The number of likely N-dealkylation sites (tertiary alicyclic amines) is 1. The molecule has 2 heterocycles. The van der Waals surface area contributed by atoms with Crippen LogP contribution in [0, 0.1) is 5.92 Å². The molecule has 4 nitrogen and oxygen atoms in total. The van der Waals surface area contributed by atoms with E-state index in [2.05, 4.69) is 10.3 Å². The number of benzene rings is 1. The first-order valence-electron chi connectivity index (χ1n) is 7.65. The van der Waals surface area contributed by atoms with Gasteiger partial charge in [-0.3, -0.25) is 4.90 Å². The van der Waals surface area contributed by atoms with E-state index in [0.29, 0.717) is 5.92 Å². The molecular formula is C17H22N2O2S. The molecule has 0 radical (unpaired) electrons. The maximum absolute atomic E-state index is 9.69. The Morgan fingerprint density at radius 1 is 1.45 bits per heavy atom. The molecule has 1 N–H and O–H groups in total. The number of hydrogen-bond acceptors (Lipinski definition) is 5. The fourth-order valence-electron chi connectivity index (χ4n) is 2.95. The molecule has 3 rings (SSSR count). The van der Waals surface area contributed by atoms with Crippen molar-refractivity contribution < 1.29 is 9.84 Å². The van der Waals surface area contributed by atoms with E-state index in [1.807, 2.05) is 31.2 Å². The Morgan fingerprint density at radius 3 is 3.00 bits per heavy atom. The molecule has 2 aromatic rings. The Morgan fingerprint density at radius 2 is 2.27 bits per heavy atom. The maximum atomic E-state index is 9.69. The molecule has 0 amide bonds. The van der Waals surface area contributed by atoms with Gasteiger partial charge in [0.1, 0.15) is 10.8 Å². The van der Waals surface area contributed by atoms with Crippen molar-refractivity contribution >= 4 is 11.3 Å². The van der Waals surface area contributed by atoms with Crippen molar-refractivity contribution in [1.82, 2.24) is 9.88 Å². The summed E-state index contributed by atoms with van der Waals surface area (Å²) in [5, 5.41) is 12.8. The third-order valence-corrected chi connectivity index (χ3v) is 5.19. The molecule has 1 saturated heterocycles. The van der Waals surface area contributed by atoms with Gasteiger partial charge in [0.15, 0.2) is 0 Å². The SMILES string of the molecule is COc1ccccc1-c1nc(CN2CCC(C(C)O)C2)cs1. The molecular weight excluding hydrogens is 296 g/mol. The van der Waals surface area contributed by atoms with Crippen molar-refractivity contribution in [3.05, 3.63) is 35.3 Å². The van der Waals surface area contributed by atoms with Crippen molar-refractivity contribution in [2.24, 2.45) is 5.92 Å². The summed E-state index contributed by atoms with van der Waals surface area (Å²) >= 11 is 1.66. The molecule has 2 unspecified atom stereocenters. The summed E-state index contributed by atoms with van der Waals surface area (Å²) < 4.78 is 5.41. The minimum absolute atomic E-state index is 0.218. The number of nitrogens with zero attached hydrogens (tertiary/aromatic N) is 2. The third kappa shape index (κ3) is 3.32. The Hall–Kier alpha value is -1.43. The van der Waals surface area contributed by atoms with Gasteiger partial charge in [0.25, 0.3) is 0 Å². The van der Waals surface area contributed by atoms with Gasteiger partial charge < -0.3 is 9.84 Å². The second kappa shape index (κ2) is 6.77. The van der Waals surface area contributed by atoms with Gasteiger partial charge in [0, 0.05) is 18.5 Å². The van der Waals surface area contributed by atoms with Gasteiger partial charge in [0.05, 0.1) is 24.5 Å². The Balaban J connectivity index is 1.69. The van der Waals surface area contributed by atoms with Crippen molar-refractivity contribution in [1.29, 1.82) is 0 Å². The Bertz CT molecular complexity index is 627. The van der Waals surface area contributed by atoms with Crippen LogP contribution in [-0.2, 0) is 6.54 Å². The molecule has 0 spiro atoms. The number of methoxy groups -OCH3 is 1. The van der Waals surface area contributed by atoms with Gasteiger partial charge in [-0.15, -0.1) is 11.3 Å². The van der Waals surface area contributed by atoms with E-state index in [4.69, 9.17) is 9.72 Å². The zero-order chi connectivity index (χ0) is 15.5. The van der Waals surface area contributed by atoms with Crippen molar-refractivity contribution in [2.45, 2.75) is 26.0 Å². The van der Waals surface area contributed by atoms with E-state index in [-0.39, 0.29) is 6.10 Å². The van der Waals surface area contributed by atoms with E-state index >= 15 is 0 Å². The lowest BCUT2D eigenvalue weighted by Gasteiger charge is -2.16. The lowest BCUT2D eigenvalue weighted by molar-refractivity contribution is 0.127. The lowest BCUT2D eigenvalue weighted by atomic mass is 10.0. The van der Waals surface area contributed by atoms with Crippen LogP contribution in [0.3, 0.4) is 0 Å². The molecule has 1 aliphatic rings. The van der Waals surface area contributed by atoms with Crippen LogP contribution in [0.2, 0.25) is 0 Å². The van der Waals surface area contributed by atoms with Gasteiger partial charge in [-0.05, 0) is 37.9 Å². The molecule has 1 aromatic carbocycles. The highest BCUT2D eigenvalue weighted by molar-refractivity contribution is 7.13.